The Labute approximate surface area is 93.4 Å². The molecule has 1 atom stereocenters. The van der Waals surface area contributed by atoms with Gasteiger partial charge in [0.05, 0.1) is 12.0 Å². The van der Waals surface area contributed by atoms with E-state index in [1.165, 1.54) is 12.1 Å². The summed E-state index contributed by atoms with van der Waals surface area (Å²) in [6.07, 6.45) is -0.786. The van der Waals surface area contributed by atoms with E-state index in [0.717, 1.165) is 0 Å². The second-order valence-electron chi connectivity index (χ2n) is 3.37. The van der Waals surface area contributed by atoms with Gasteiger partial charge in [-0.1, -0.05) is 15.9 Å². The predicted octanol–water partition coefficient (Wildman–Crippen LogP) is 3.05. The number of alkyl halides is 2. The highest BCUT2D eigenvalue weighted by atomic mass is 79.9. The molecule has 0 amide bonds. The molecule has 0 spiro atoms. The number of hydrogen-bond acceptors (Lipinski definition) is 2. The molecule has 2 rings (SSSR count). The Morgan fingerprint density at radius 2 is 2.20 bits per heavy atom. The molecule has 0 aromatic heterocycles. The molecule has 2 nitrogen and oxygen atoms in total. The van der Waals surface area contributed by atoms with Gasteiger partial charge in [-0.05, 0) is 18.2 Å². The number of rotatable bonds is 3. The van der Waals surface area contributed by atoms with E-state index in [1.807, 2.05) is 0 Å². The van der Waals surface area contributed by atoms with Crippen LogP contribution in [0.5, 0.6) is 5.75 Å². The lowest BCUT2D eigenvalue weighted by atomic mass is 10.2. The van der Waals surface area contributed by atoms with Gasteiger partial charge in [-0.25, -0.2) is 8.78 Å². The zero-order chi connectivity index (χ0) is 11.1. The molecule has 1 aromatic carbocycles. The van der Waals surface area contributed by atoms with Crippen LogP contribution in [0, 0.1) is 0 Å². The van der Waals surface area contributed by atoms with Crippen LogP contribution in [0.2, 0.25) is 0 Å². The minimum Gasteiger partial charge on any atom is -0.483 e. The maximum Gasteiger partial charge on any atom is 0.288 e. The zero-order valence-corrected chi connectivity index (χ0v) is 9.13. The molecule has 1 aliphatic rings. The fourth-order valence-electron chi connectivity index (χ4n) is 1.18. The van der Waals surface area contributed by atoms with Gasteiger partial charge >= 0.3 is 0 Å². The molecule has 0 saturated heterocycles. The molecule has 1 aromatic rings. The number of halogens is 3. The summed E-state index contributed by atoms with van der Waals surface area (Å²) in [7, 11) is 0. The standard InChI is InChI=1S/C10H7BrF2O2/c11-7-2-1-6(5-14)8(3-7)15-9-4-10(9,12)13/h1-3,5,9H,4H2/t9-/m1/s1. The molecule has 0 heterocycles. The van der Waals surface area contributed by atoms with Crippen LogP contribution in [0.15, 0.2) is 22.7 Å². The van der Waals surface area contributed by atoms with E-state index >= 15 is 0 Å². The van der Waals surface area contributed by atoms with Crippen molar-refractivity contribution in [1.29, 1.82) is 0 Å². The van der Waals surface area contributed by atoms with Crippen molar-refractivity contribution >= 4 is 22.2 Å². The van der Waals surface area contributed by atoms with Gasteiger partial charge < -0.3 is 4.74 Å². The number of carbonyl (C=O) groups excluding carboxylic acids is 1. The maximum atomic E-state index is 12.6. The van der Waals surface area contributed by atoms with Crippen LogP contribution < -0.4 is 4.74 Å². The Balaban J connectivity index is 2.20. The van der Waals surface area contributed by atoms with E-state index in [2.05, 4.69) is 15.9 Å². The van der Waals surface area contributed by atoms with Crippen LogP contribution in [0.25, 0.3) is 0 Å². The average Bonchev–Trinajstić information content (AvgIpc) is 2.74. The summed E-state index contributed by atoms with van der Waals surface area (Å²) < 4.78 is 30.9. The summed E-state index contributed by atoms with van der Waals surface area (Å²) in [6, 6.07) is 4.69. The van der Waals surface area contributed by atoms with Crippen molar-refractivity contribution in [3.05, 3.63) is 28.2 Å². The van der Waals surface area contributed by atoms with Crippen LogP contribution in [0.1, 0.15) is 16.8 Å². The van der Waals surface area contributed by atoms with Crippen molar-refractivity contribution in [3.8, 4) is 5.75 Å². The van der Waals surface area contributed by atoms with E-state index in [4.69, 9.17) is 4.74 Å². The summed E-state index contributed by atoms with van der Waals surface area (Å²) in [6.45, 7) is 0. The highest BCUT2D eigenvalue weighted by molar-refractivity contribution is 9.10. The Hall–Kier alpha value is -0.970. The summed E-state index contributed by atoms with van der Waals surface area (Å²) in [5.74, 6) is -2.55. The first-order chi connectivity index (χ1) is 7.03. The Morgan fingerprint density at radius 1 is 1.53 bits per heavy atom. The van der Waals surface area contributed by atoms with Gasteiger partial charge in [0.1, 0.15) is 5.75 Å². The minimum atomic E-state index is -2.75. The summed E-state index contributed by atoms with van der Waals surface area (Å²) in [4.78, 5) is 10.6. The summed E-state index contributed by atoms with van der Waals surface area (Å²) in [5, 5.41) is 0. The Bertz CT molecular complexity index is 406. The van der Waals surface area contributed by atoms with Crippen LogP contribution in [-0.2, 0) is 0 Å². The maximum absolute atomic E-state index is 12.6. The normalized spacial score (nSPS) is 22.2. The van der Waals surface area contributed by atoms with Gasteiger partial charge in [0.25, 0.3) is 5.92 Å². The van der Waals surface area contributed by atoms with Crippen molar-refractivity contribution in [2.45, 2.75) is 18.4 Å². The molecule has 0 unspecified atom stereocenters. The Morgan fingerprint density at radius 3 is 2.73 bits per heavy atom. The molecule has 0 bridgehead atoms. The topological polar surface area (TPSA) is 26.3 Å². The van der Waals surface area contributed by atoms with Crippen molar-refractivity contribution in [3.63, 3.8) is 0 Å². The molecule has 5 heteroatoms. The lowest BCUT2D eigenvalue weighted by molar-refractivity contribution is 0.0660. The van der Waals surface area contributed by atoms with Crippen molar-refractivity contribution in [2.75, 3.05) is 0 Å². The molecule has 0 N–H and O–H groups in total. The molecule has 80 valence electrons. The molecular formula is C10H7BrF2O2. The van der Waals surface area contributed by atoms with Crippen molar-refractivity contribution in [2.24, 2.45) is 0 Å². The predicted molar refractivity (Wildman–Crippen MR) is 53.5 cm³/mol. The molecule has 1 saturated carbocycles. The van der Waals surface area contributed by atoms with E-state index < -0.39 is 12.0 Å². The molecule has 0 aliphatic heterocycles. The smallest absolute Gasteiger partial charge is 0.288 e. The van der Waals surface area contributed by atoms with Crippen LogP contribution >= 0.6 is 15.9 Å². The van der Waals surface area contributed by atoms with Gasteiger partial charge in [-0.15, -0.1) is 0 Å². The van der Waals surface area contributed by atoms with E-state index in [9.17, 15) is 13.6 Å². The Kier molecular flexibility index (Phi) is 2.50. The first-order valence-corrected chi connectivity index (χ1v) is 5.11. The molecular weight excluding hydrogens is 270 g/mol. The third-order valence-electron chi connectivity index (χ3n) is 2.14. The minimum absolute atomic E-state index is 0.196. The summed E-state index contributed by atoms with van der Waals surface area (Å²) >= 11 is 3.18. The fourth-order valence-corrected chi connectivity index (χ4v) is 1.52. The highest BCUT2D eigenvalue weighted by Crippen LogP contribution is 2.45. The van der Waals surface area contributed by atoms with Gasteiger partial charge in [-0.3, -0.25) is 4.79 Å². The van der Waals surface area contributed by atoms with Gasteiger partial charge in [-0.2, -0.15) is 0 Å². The van der Waals surface area contributed by atoms with Crippen molar-refractivity contribution in [1.82, 2.24) is 0 Å². The monoisotopic (exact) mass is 276 g/mol. The van der Waals surface area contributed by atoms with Gasteiger partial charge in [0, 0.05) is 4.47 Å². The first-order valence-electron chi connectivity index (χ1n) is 4.32. The molecule has 1 aliphatic carbocycles. The van der Waals surface area contributed by atoms with Crippen LogP contribution in [0.3, 0.4) is 0 Å². The third-order valence-corrected chi connectivity index (χ3v) is 2.63. The molecule has 1 fully saturated rings. The van der Waals surface area contributed by atoms with Crippen LogP contribution in [-0.4, -0.2) is 18.3 Å². The number of ether oxygens (including phenoxy) is 1. The highest BCUT2D eigenvalue weighted by Gasteiger charge is 2.59. The summed E-state index contributed by atoms with van der Waals surface area (Å²) in [5.41, 5.74) is 0.279. The second kappa shape index (κ2) is 3.56. The van der Waals surface area contributed by atoms with E-state index in [-0.39, 0.29) is 17.7 Å². The van der Waals surface area contributed by atoms with Gasteiger partial charge in [0.15, 0.2) is 12.4 Å². The average molecular weight is 277 g/mol. The lowest BCUT2D eigenvalue weighted by Crippen LogP contribution is -2.08. The van der Waals surface area contributed by atoms with Crippen molar-refractivity contribution < 1.29 is 18.3 Å². The van der Waals surface area contributed by atoms with E-state index in [0.29, 0.717) is 10.8 Å². The van der Waals surface area contributed by atoms with Gasteiger partial charge in [0.2, 0.25) is 0 Å². The number of aldehydes is 1. The lowest BCUT2D eigenvalue weighted by Gasteiger charge is -2.07. The number of hydrogen-bond donors (Lipinski definition) is 0. The zero-order valence-electron chi connectivity index (χ0n) is 7.54. The SMILES string of the molecule is O=Cc1ccc(Br)cc1O[C@@H]1CC1(F)F. The second-order valence-corrected chi connectivity index (χ2v) is 4.29. The first kappa shape index (κ1) is 10.5. The molecule has 0 radical (unpaired) electrons. The fraction of sp³-hybridized carbons (Fsp3) is 0.300. The van der Waals surface area contributed by atoms with Crippen LogP contribution in [0.4, 0.5) is 8.78 Å². The number of carbonyl (C=O) groups is 1. The molecule has 15 heavy (non-hydrogen) atoms. The van der Waals surface area contributed by atoms with E-state index in [1.54, 1.807) is 6.07 Å². The third kappa shape index (κ3) is 2.17. The largest absolute Gasteiger partial charge is 0.483 e. The quantitative estimate of drug-likeness (QED) is 0.794. The number of benzene rings is 1.